The van der Waals surface area contributed by atoms with E-state index in [0.717, 1.165) is 33.5 Å². The number of carbonyl (C=O) groups is 1. The fraction of sp³-hybridized carbons (Fsp3) is 0.125. The predicted molar refractivity (Wildman–Crippen MR) is 124 cm³/mol. The van der Waals surface area contributed by atoms with Crippen LogP contribution in [0.3, 0.4) is 0 Å². The highest BCUT2D eigenvalue weighted by molar-refractivity contribution is 7.99. The first-order valence-electron chi connectivity index (χ1n) is 9.98. The molecular formula is C24H21N5OS. The monoisotopic (exact) mass is 427 g/mol. The molecule has 0 fully saturated rings. The van der Waals surface area contributed by atoms with Gasteiger partial charge in [0.05, 0.1) is 17.1 Å². The van der Waals surface area contributed by atoms with E-state index in [4.69, 9.17) is 0 Å². The molecule has 0 spiro atoms. The molecule has 31 heavy (non-hydrogen) atoms. The number of benzene rings is 2. The lowest BCUT2D eigenvalue weighted by Crippen LogP contribution is -2.09. The second-order valence-electron chi connectivity index (χ2n) is 7.39. The first kappa shape index (κ1) is 19.4. The Balaban J connectivity index is 1.58. The number of aromatic amines is 1. The minimum absolute atomic E-state index is 0.0606. The summed E-state index contributed by atoms with van der Waals surface area (Å²) in [4.78, 5) is 16.0. The number of hydrogen-bond acceptors (Lipinski definition) is 4. The summed E-state index contributed by atoms with van der Waals surface area (Å²) < 4.78 is 3.89. The number of rotatable bonds is 6. The van der Waals surface area contributed by atoms with Crippen LogP contribution in [0.1, 0.15) is 16.1 Å². The topological polar surface area (TPSA) is 68.5 Å². The molecule has 6 nitrogen and oxygen atoms in total. The van der Waals surface area contributed by atoms with Crippen LogP contribution in [0.15, 0.2) is 78.2 Å². The zero-order valence-corrected chi connectivity index (χ0v) is 18.1. The average Bonchev–Trinajstić information content (AvgIpc) is 3.50. The van der Waals surface area contributed by atoms with Gasteiger partial charge >= 0.3 is 0 Å². The number of fused-ring (bicyclic) bond motifs is 1. The smallest absolute Gasteiger partial charge is 0.196 e. The molecule has 5 rings (SSSR count). The van der Waals surface area contributed by atoms with Crippen LogP contribution in [-0.4, -0.2) is 35.9 Å². The van der Waals surface area contributed by atoms with Crippen LogP contribution in [-0.2, 0) is 7.05 Å². The summed E-state index contributed by atoms with van der Waals surface area (Å²) in [6, 6.07) is 20.0. The molecule has 0 saturated heterocycles. The van der Waals surface area contributed by atoms with Gasteiger partial charge in [-0.05, 0) is 36.8 Å². The molecule has 3 heterocycles. The van der Waals surface area contributed by atoms with Gasteiger partial charge in [-0.25, -0.2) is 0 Å². The number of nitrogens with one attached hydrogen (secondary N) is 1. The van der Waals surface area contributed by atoms with Crippen LogP contribution in [0.4, 0.5) is 0 Å². The Labute approximate surface area is 183 Å². The molecule has 3 aromatic heterocycles. The second-order valence-corrected chi connectivity index (χ2v) is 8.33. The number of Topliss-reactive ketones (excluding diaryl/α,β-unsaturated/α-hetero) is 1. The molecule has 0 aliphatic heterocycles. The minimum Gasteiger partial charge on any atom is -0.360 e. The number of aromatic nitrogens is 5. The van der Waals surface area contributed by atoms with E-state index in [9.17, 15) is 4.79 Å². The third-order valence-corrected chi connectivity index (χ3v) is 6.31. The Kier molecular flexibility index (Phi) is 4.95. The Morgan fingerprint density at radius 3 is 2.65 bits per heavy atom. The number of H-pyrrole nitrogens is 1. The normalized spacial score (nSPS) is 11.3. The lowest BCUT2D eigenvalue weighted by molar-refractivity contribution is 0.101. The predicted octanol–water partition coefficient (Wildman–Crippen LogP) is 5.04. The van der Waals surface area contributed by atoms with Crippen molar-refractivity contribution in [2.75, 3.05) is 5.75 Å². The molecule has 0 atom stereocenters. The summed E-state index contributed by atoms with van der Waals surface area (Å²) in [6.07, 6.45) is 3.84. The lowest BCUT2D eigenvalue weighted by Gasteiger charge is -2.12. The van der Waals surface area contributed by atoms with Gasteiger partial charge in [-0.1, -0.05) is 48.2 Å². The Bertz CT molecular complexity index is 1390. The van der Waals surface area contributed by atoms with Crippen LogP contribution in [0.25, 0.3) is 28.0 Å². The molecule has 0 unspecified atom stereocenters. The summed E-state index contributed by atoms with van der Waals surface area (Å²) >= 11 is 1.41. The molecule has 0 aliphatic carbocycles. The van der Waals surface area contributed by atoms with E-state index in [1.165, 1.54) is 11.8 Å². The van der Waals surface area contributed by atoms with Crippen molar-refractivity contribution in [3.63, 3.8) is 0 Å². The lowest BCUT2D eigenvalue weighted by atomic mass is 10.1. The highest BCUT2D eigenvalue weighted by Gasteiger charge is 2.21. The van der Waals surface area contributed by atoms with Crippen molar-refractivity contribution in [2.45, 2.75) is 12.1 Å². The summed E-state index contributed by atoms with van der Waals surface area (Å²) in [5.41, 5.74) is 4.82. The van der Waals surface area contributed by atoms with Gasteiger partial charge in [-0.15, -0.1) is 10.2 Å². The van der Waals surface area contributed by atoms with Crippen molar-refractivity contribution in [1.29, 1.82) is 0 Å². The average molecular weight is 428 g/mol. The molecule has 0 aliphatic rings. The number of ketones is 1. The highest BCUT2D eigenvalue weighted by atomic mass is 32.2. The Morgan fingerprint density at radius 1 is 1.03 bits per heavy atom. The van der Waals surface area contributed by atoms with E-state index >= 15 is 0 Å². The molecule has 154 valence electrons. The van der Waals surface area contributed by atoms with Crippen molar-refractivity contribution in [1.82, 2.24) is 24.3 Å². The van der Waals surface area contributed by atoms with E-state index in [1.807, 2.05) is 71.0 Å². The van der Waals surface area contributed by atoms with E-state index in [1.54, 1.807) is 0 Å². The number of nitrogens with zero attached hydrogens (tertiary/aromatic N) is 4. The third kappa shape index (κ3) is 3.47. The fourth-order valence-corrected chi connectivity index (χ4v) is 4.60. The van der Waals surface area contributed by atoms with Gasteiger partial charge in [0.15, 0.2) is 16.8 Å². The fourth-order valence-electron chi connectivity index (χ4n) is 3.78. The maximum absolute atomic E-state index is 12.7. The van der Waals surface area contributed by atoms with Crippen molar-refractivity contribution in [3.8, 4) is 17.1 Å². The van der Waals surface area contributed by atoms with Crippen LogP contribution in [0.5, 0.6) is 0 Å². The van der Waals surface area contributed by atoms with Gasteiger partial charge in [-0.3, -0.25) is 9.36 Å². The van der Waals surface area contributed by atoms with E-state index in [-0.39, 0.29) is 11.5 Å². The number of aryl methyl sites for hydroxylation is 2. The van der Waals surface area contributed by atoms with Crippen molar-refractivity contribution in [2.24, 2.45) is 7.05 Å². The standard InChI is InChI=1S/C24H21N5OS/c1-16-8-3-6-11-20(16)29-23(18-14-25-19-10-5-4-9-17(18)19)26-27-24(29)31-15-22(30)21-12-7-13-28(21)2/h3-14,25H,15H2,1-2H3. The van der Waals surface area contributed by atoms with Crippen LogP contribution < -0.4 is 0 Å². The molecule has 0 saturated carbocycles. The number of thioether (sulfide) groups is 1. The Hall–Kier alpha value is -3.58. The summed E-state index contributed by atoms with van der Waals surface area (Å²) in [6.45, 7) is 2.07. The Morgan fingerprint density at radius 2 is 1.84 bits per heavy atom. The van der Waals surface area contributed by atoms with Gasteiger partial charge in [0.2, 0.25) is 0 Å². The number of para-hydroxylation sites is 2. The van der Waals surface area contributed by atoms with Gasteiger partial charge < -0.3 is 9.55 Å². The molecule has 1 N–H and O–H groups in total. The number of hydrogen-bond donors (Lipinski definition) is 1. The van der Waals surface area contributed by atoms with Crippen molar-refractivity contribution in [3.05, 3.63) is 84.3 Å². The SMILES string of the molecule is Cc1ccccc1-n1c(SCC(=O)c2cccn2C)nnc1-c1c[nH]c2ccccc12. The summed E-state index contributed by atoms with van der Waals surface area (Å²) in [7, 11) is 1.88. The first-order valence-corrected chi connectivity index (χ1v) is 11.0. The van der Waals surface area contributed by atoms with Gasteiger partial charge in [0.1, 0.15) is 0 Å². The van der Waals surface area contributed by atoms with Crippen LogP contribution in [0.2, 0.25) is 0 Å². The summed E-state index contributed by atoms with van der Waals surface area (Å²) in [5.74, 6) is 1.10. The largest absolute Gasteiger partial charge is 0.360 e. The van der Waals surface area contributed by atoms with Crippen LogP contribution >= 0.6 is 11.8 Å². The number of carbonyl (C=O) groups excluding carboxylic acids is 1. The zero-order valence-electron chi connectivity index (χ0n) is 17.2. The van der Waals surface area contributed by atoms with Gasteiger partial charge in [0, 0.05) is 35.9 Å². The zero-order chi connectivity index (χ0) is 21.4. The maximum atomic E-state index is 12.7. The van der Waals surface area contributed by atoms with E-state index < -0.39 is 0 Å². The highest BCUT2D eigenvalue weighted by Crippen LogP contribution is 2.33. The first-order chi connectivity index (χ1) is 15.1. The molecular weight excluding hydrogens is 406 g/mol. The third-order valence-electron chi connectivity index (χ3n) is 5.38. The molecule has 7 heteroatoms. The van der Waals surface area contributed by atoms with Gasteiger partial charge in [0.25, 0.3) is 0 Å². The maximum Gasteiger partial charge on any atom is 0.196 e. The second kappa shape index (κ2) is 7.92. The minimum atomic E-state index is 0.0606. The molecule has 5 aromatic rings. The molecule has 0 radical (unpaired) electrons. The van der Waals surface area contributed by atoms with E-state index in [0.29, 0.717) is 10.9 Å². The molecule has 0 amide bonds. The van der Waals surface area contributed by atoms with Gasteiger partial charge in [-0.2, -0.15) is 0 Å². The quantitative estimate of drug-likeness (QED) is 0.305. The van der Waals surface area contributed by atoms with Crippen LogP contribution in [0, 0.1) is 6.92 Å². The van der Waals surface area contributed by atoms with Crippen molar-refractivity contribution < 1.29 is 4.79 Å². The van der Waals surface area contributed by atoms with Crippen molar-refractivity contribution >= 4 is 28.4 Å². The molecule has 2 aromatic carbocycles. The summed E-state index contributed by atoms with van der Waals surface area (Å²) in [5, 5.41) is 10.8. The van der Waals surface area contributed by atoms with E-state index in [2.05, 4.69) is 40.3 Å². The molecule has 0 bridgehead atoms.